The third-order valence-electron chi connectivity index (χ3n) is 2.26. The van der Waals surface area contributed by atoms with E-state index in [1.54, 1.807) is 18.9 Å². The predicted octanol–water partition coefficient (Wildman–Crippen LogP) is 2.87. The first-order chi connectivity index (χ1) is 7.81. The van der Waals surface area contributed by atoms with Gasteiger partial charge in [0, 0.05) is 23.7 Å². The van der Waals surface area contributed by atoms with Gasteiger partial charge in [0.2, 0.25) is 0 Å². The molecule has 0 bridgehead atoms. The van der Waals surface area contributed by atoms with Gasteiger partial charge in [-0.1, -0.05) is 6.07 Å². The van der Waals surface area contributed by atoms with Crippen LogP contribution in [0.3, 0.4) is 0 Å². The molecule has 0 atom stereocenters. The Hall–Kier alpha value is -0.320. The highest BCUT2D eigenvalue weighted by molar-refractivity contribution is 7.98. The van der Waals surface area contributed by atoms with Gasteiger partial charge in [-0.2, -0.15) is 11.8 Å². The molecule has 2 nitrogen and oxygen atoms in total. The van der Waals surface area contributed by atoms with Gasteiger partial charge in [-0.15, -0.1) is 11.8 Å². The summed E-state index contributed by atoms with van der Waals surface area (Å²) in [4.78, 5) is 1.19. The molecule has 16 heavy (non-hydrogen) atoms. The van der Waals surface area contributed by atoms with Gasteiger partial charge < -0.3 is 10.1 Å². The molecular formula is C12H19NOS2. The summed E-state index contributed by atoms with van der Waals surface area (Å²) >= 11 is 3.57. The highest BCUT2D eigenvalue weighted by Crippen LogP contribution is 2.28. The number of rotatable bonds is 7. The van der Waals surface area contributed by atoms with Crippen molar-refractivity contribution in [2.45, 2.75) is 11.4 Å². The average molecular weight is 257 g/mol. The fourth-order valence-corrected chi connectivity index (χ4v) is 2.29. The first-order valence-electron chi connectivity index (χ1n) is 5.22. The lowest BCUT2D eigenvalue weighted by Crippen LogP contribution is -2.16. The van der Waals surface area contributed by atoms with Gasteiger partial charge in [0.05, 0.1) is 7.11 Å². The van der Waals surface area contributed by atoms with Crippen LogP contribution in [0.25, 0.3) is 0 Å². The van der Waals surface area contributed by atoms with Gasteiger partial charge >= 0.3 is 0 Å². The molecule has 0 unspecified atom stereocenters. The number of methoxy groups -OCH3 is 1. The molecule has 1 N–H and O–H groups in total. The van der Waals surface area contributed by atoms with Gasteiger partial charge in [0.1, 0.15) is 5.75 Å². The second-order valence-corrected chi connectivity index (χ2v) is 5.19. The van der Waals surface area contributed by atoms with E-state index in [1.165, 1.54) is 10.5 Å². The number of ether oxygens (including phenoxy) is 1. The van der Waals surface area contributed by atoms with Crippen molar-refractivity contribution in [2.75, 3.05) is 31.9 Å². The van der Waals surface area contributed by atoms with Crippen molar-refractivity contribution in [2.24, 2.45) is 0 Å². The Balaban J connectivity index is 2.54. The Bertz CT molecular complexity index is 318. The predicted molar refractivity (Wildman–Crippen MR) is 74.9 cm³/mol. The van der Waals surface area contributed by atoms with Crippen LogP contribution in [0.15, 0.2) is 23.1 Å². The molecule has 0 heterocycles. The van der Waals surface area contributed by atoms with Crippen molar-refractivity contribution in [3.05, 3.63) is 23.8 Å². The first-order valence-corrected chi connectivity index (χ1v) is 7.84. The molecule has 0 aliphatic rings. The standard InChI is InChI=1S/C12H19NOS2/c1-14-11-8-10(4-5-12(11)16-3)9-13-6-7-15-2/h4-5,8,13H,6-7,9H2,1-3H3. The summed E-state index contributed by atoms with van der Waals surface area (Å²) in [5, 5.41) is 3.41. The van der Waals surface area contributed by atoms with Crippen LogP contribution in [0, 0.1) is 0 Å². The van der Waals surface area contributed by atoms with E-state index in [0.29, 0.717) is 0 Å². The van der Waals surface area contributed by atoms with Gasteiger partial charge in [-0.05, 0) is 30.2 Å². The Morgan fingerprint density at radius 2 is 2.12 bits per heavy atom. The fourth-order valence-electron chi connectivity index (χ4n) is 1.40. The molecule has 1 aromatic rings. The third kappa shape index (κ3) is 4.28. The molecule has 0 saturated carbocycles. The topological polar surface area (TPSA) is 21.3 Å². The van der Waals surface area contributed by atoms with Crippen molar-refractivity contribution >= 4 is 23.5 Å². The molecule has 0 saturated heterocycles. The smallest absolute Gasteiger partial charge is 0.132 e. The average Bonchev–Trinajstić information content (AvgIpc) is 2.34. The zero-order chi connectivity index (χ0) is 11.8. The fraction of sp³-hybridized carbons (Fsp3) is 0.500. The molecule has 1 rings (SSSR count). The van der Waals surface area contributed by atoms with Gasteiger partial charge in [-0.25, -0.2) is 0 Å². The Labute approximate surface area is 107 Å². The third-order valence-corrected chi connectivity index (χ3v) is 3.65. The molecule has 0 fully saturated rings. The highest BCUT2D eigenvalue weighted by Gasteiger charge is 2.02. The van der Waals surface area contributed by atoms with E-state index in [9.17, 15) is 0 Å². The minimum atomic E-state index is 0.908. The van der Waals surface area contributed by atoms with Crippen molar-refractivity contribution in [3.8, 4) is 5.75 Å². The van der Waals surface area contributed by atoms with Crippen molar-refractivity contribution < 1.29 is 4.74 Å². The maximum absolute atomic E-state index is 5.35. The lowest BCUT2D eigenvalue weighted by Gasteiger charge is -2.09. The van der Waals surface area contributed by atoms with Gasteiger partial charge in [0.25, 0.3) is 0 Å². The summed E-state index contributed by atoms with van der Waals surface area (Å²) in [7, 11) is 1.72. The van der Waals surface area contributed by atoms with E-state index in [2.05, 4.69) is 36.0 Å². The Morgan fingerprint density at radius 1 is 1.31 bits per heavy atom. The Morgan fingerprint density at radius 3 is 2.75 bits per heavy atom. The summed E-state index contributed by atoms with van der Waals surface area (Å²) in [6, 6.07) is 6.38. The SMILES string of the molecule is COc1cc(CNCCSC)ccc1SC. The van der Waals surface area contributed by atoms with E-state index in [0.717, 1.165) is 24.6 Å². The van der Waals surface area contributed by atoms with Crippen LogP contribution in [-0.2, 0) is 6.54 Å². The maximum Gasteiger partial charge on any atom is 0.132 e. The summed E-state index contributed by atoms with van der Waals surface area (Å²) in [5.41, 5.74) is 1.27. The molecule has 0 amide bonds. The second-order valence-electron chi connectivity index (χ2n) is 3.36. The number of thioether (sulfide) groups is 2. The molecule has 1 aromatic carbocycles. The lowest BCUT2D eigenvalue weighted by atomic mass is 10.2. The number of benzene rings is 1. The van der Waals surface area contributed by atoms with Crippen LogP contribution in [0.4, 0.5) is 0 Å². The summed E-state index contributed by atoms with van der Waals surface area (Å²) < 4.78 is 5.35. The normalized spacial score (nSPS) is 10.4. The maximum atomic E-state index is 5.35. The van der Waals surface area contributed by atoms with E-state index in [4.69, 9.17) is 4.74 Å². The monoisotopic (exact) mass is 257 g/mol. The molecule has 0 aromatic heterocycles. The number of nitrogens with one attached hydrogen (secondary N) is 1. The van der Waals surface area contributed by atoms with Crippen molar-refractivity contribution in [3.63, 3.8) is 0 Å². The summed E-state index contributed by atoms with van der Waals surface area (Å²) in [6.07, 6.45) is 4.19. The molecular weight excluding hydrogens is 238 g/mol. The zero-order valence-electron chi connectivity index (χ0n) is 10.1. The highest BCUT2D eigenvalue weighted by atomic mass is 32.2. The largest absolute Gasteiger partial charge is 0.496 e. The molecule has 4 heteroatoms. The van der Waals surface area contributed by atoms with E-state index in [1.807, 2.05) is 11.8 Å². The van der Waals surface area contributed by atoms with Gasteiger partial charge in [-0.3, -0.25) is 0 Å². The van der Waals surface area contributed by atoms with Crippen LogP contribution in [0.1, 0.15) is 5.56 Å². The zero-order valence-corrected chi connectivity index (χ0v) is 11.7. The number of hydrogen-bond donors (Lipinski definition) is 1. The van der Waals surface area contributed by atoms with E-state index >= 15 is 0 Å². The summed E-state index contributed by atoms with van der Waals surface area (Å²) in [6.45, 7) is 1.96. The van der Waals surface area contributed by atoms with Crippen LogP contribution >= 0.6 is 23.5 Å². The number of hydrogen-bond acceptors (Lipinski definition) is 4. The van der Waals surface area contributed by atoms with Gasteiger partial charge in [0.15, 0.2) is 0 Å². The minimum absolute atomic E-state index is 0.908. The molecule has 0 aliphatic carbocycles. The first kappa shape index (κ1) is 13.7. The molecule has 0 radical (unpaired) electrons. The van der Waals surface area contributed by atoms with Crippen molar-refractivity contribution in [1.29, 1.82) is 0 Å². The van der Waals surface area contributed by atoms with Crippen molar-refractivity contribution in [1.82, 2.24) is 5.32 Å². The van der Waals surface area contributed by atoms with E-state index in [-0.39, 0.29) is 0 Å². The Kier molecular flexibility index (Phi) is 6.76. The van der Waals surface area contributed by atoms with E-state index < -0.39 is 0 Å². The minimum Gasteiger partial charge on any atom is -0.496 e. The lowest BCUT2D eigenvalue weighted by molar-refractivity contribution is 0.404. The van der Waals surface area contributed by atoms with Crippen LogP contribution in [0.5, 0.6) is 5.75 Å². The molecule has 0 aliphatic heterocycles. The quantitative estimate of drug-likeness (QED) is 0.599. The summed E-state index contributed by atoms with van der Waals surface area (Å²) in [5.74, 6) is 2.12. The molecule has 90 valence electrons. The molecule has 0 spiro atoms. The van der Waals surface area contributed by atoms with Crippen LogP contribution in [-0.4, -0.2) is 31.9 Å². The van der Waals surface area contributed by atoms with Crippen LogP contribution in [0.2, 0.25) is 0 Å². The second kappa shape index (κ2) is 7.87. The van der Waals surface area contributed by atoms with Crippen LogP contribution < -0.4 is 10.1 Å².